The van der Waals surface area contributed by atoms with E-state index >= 15 is 0 Å². The number of hydrogen-bond acceptors (Lipinski definition) is 4. The number of hydrogen-bond donors (Lipinski definition) is 1. The van der Waals surface area contributed by atoms with Crippen molar-refractivity contribution in [2.75, 3.05) is 0 Å². The number of rotatable bonds is 3. The van der Waals surface area contributed by atoms with Gasteiger partial charge in [0.2, 0.25) is 5.89 Å². The molecule has 0 radical (unpaired) electrons. The number of phenolic OH excluding ortho intramolecular Hbond substituents is 1. The van der Waals surface area contributed by atoms with Gasteiger partial charge in [-0.15, -0.1) is 0 Å². The van der Waals surface area contributed by atoms with E-state index < -0.39 is 0 Å². The number of aryl methyl sites for hydroxylation is 1. The Balaban J connectivity index is 1.54. The number of phenols is 1. The van der Waals surface area contributed by atoms with Crippen LogP contribution in [0.1, 0.15) is 11.1 Å². The fourth-order valence-corrected chi connectivity index (χ4v) is 4.61. The lowest BCUT2D eigenvalue weighted by atomic mass is 9.91. The number of fused-ring (bicyclic) bond motifs is 2. The third-order valence-corrected chi connectivity index (χ3v) is 6.43. The summed E-state index contributed by atoms with van der Waals surface area (Å²) in [7, 11) is 0. The average Bonchev–Trinajstić information content (AvgIpc) is 3.29. The van der Waals surface area contributed by atoms with Crippen LogP contribution in [0.3, 0.4) is 0 Å². The quantitative estimate of drug-likeness (QED) is 0.305. The molecular formula is C30H22N2O2. The van der Waals surface area contributed by atoms with Crippen molar-refractivity contribution in [3.05, 3.63) is 102 Å². The van der Waals surface area contributed by atoms with Gasteiger partial charge in [-0.1, -0.05) is 48.5 Å². The van der Waals surface area contributed by atoms with Gasteiger partial charge in [0.05, 0.1) is 11.1 Å². The van der Waals surface area contributed by atoms with Crippen molar-refractivity contribution in [2.24, 2.45) is 0 Å². The minimum absolute atomic E-state index is 0.145. The monoisotopic (exact) mass is 442 g/mol. The van der Waals surface area contributed by atoms with Gasteiger partial charge in [-0.3, -0.25) is 4.98 Å². The van der Waals surface area contributed by atoms with Crippen molar-refractivity contribution in [1.29, 1.82) is 0 Å². The number of benzene rings is 4. The minimum Gasteiger partial charge on any atom is -0.507 e. The van der Waals surface area contributed by atoms with Crippen molar-refractivity contribution in [2.45, 2.75) is 13.8 Å². The van der Waals surface area contributed by atoms with Crippen LogP contribution in [0.4, 0.5) is 0 Å². The molecule has 164 valence electrons. The summed E-state index contributed by atoms with van der Waals surface area (Å²) in [6.07, 6.45) is 1.85. The fraction of sp³-hybridized carbons (Fsp3) is 0.0667. The second kappa shape index (κ2) is 7.85. The molecule has 0 spiro atoms. The molecule has 1 N–H and O–H groups in total. The second-order valence-electron chi connectivity index (χ2n) is 8.54. The summed E-state index contributed by atoms with van der Waals surface area (Å²) >= 11 is 0. The van der Waals surface area contributed by atoms with Crippen LogP contribution in [0.15, 0.2) is 95.5 Å². The third-order valence-electron chi connectivity index (χ3n) is 6.43. The zero-order valence-corrected chi connectivity index (χ0v) is 18.9. The molecule has 2 aromatic heterocycles. The standard InChI is InChI=1S/C30H22N2O2/c1-18-16-22-10-7-15-31-28(22)27(19(18)2)21-9-5-8-20(17-21)23-12-6-14-26-29(23)32-30(34-26)24-11-3-4-13-25(24)33/h3-17,33H,1-2H3. The number of aromatic hydroxyl groups is 1. The summed E-state index contributed by atoms with van der Waals surface area (Å²) in [5.74, 6) is 0.549. The normalized spacial score (nSPS) is 11.4. The Morgan fingerprint density at radius 1 is 0.735 bits per heavy atom. The first-order valence-electron chi connectivity index (χ1n) is 11.2. The Morgan fingerprint density at radius 2 is 1.53 bits per heavy atom. The van der Waals surface area contributed by atoms with Gasteiger partial charge in [0, 0.05) is 22.7 Å². The van der Waals surface area contributed by atoms with Crippen LogP contribution in [0, 0.1) is 13.8 Å². The Kier molecular flexibility index (Phi) is 4.66. The maximum absolute atomic E-state index is 10.3. The first-order valence-corrected chi connectivity index (χ1v) is 11.2. The van der Waals surface area contributed by atoms with Crippen molar-refractivity contribution in [1.82, 2.24) is 9.97 Å². The largest absolute Gasteiger partial charge is 0.507 e. The van der Waals surface area contributed by atoms with E-state index in [9.17, 15) is 5.11 Å². The fourth-order valence-electron chi connectivity index (χ4n) is 4.61. The molecule has 0 amide bonds. The summed E-state index contributed by atoms with van der Waals surface area (Å²) in [4.78, 5) is 9.47. The topological polar surface area (TPSA) is 59.2 Å². The first-order chi connectivity index (χ1) is 16.6. The van der Waals surface area contributed by atoms with Gasteiger partial charge in [0.25, 0.3) is 0 Å². The molecule has 0 saturated carbocycles. The molecule has 0 saturated heterocycles. The molecule has 34 heavy (non-hydrogen) atoms. The molecule has 2 heterocycles. The predicted octanol–water partition coefficient (Wildman–Crippen LogP) is 7.70. The van der Waals surface area contributed by atoms with E-state index in [4.69, 9.17) is 14.4 Å². The van der Waals surface area contributed by atoms with Gasteiger partial charge in [-0.2, -0.15) is 0 Å². The summed E-state index contributed by atoms with van der Waals surface area (Å²) in [5, 5.41) is 11.4. The van der Waals surface area contributed by atoms with Gasteiger partial charge >= 0.3 is 0 Å². The molecule has 6 rings (SSSR count). The molecule has 0 aliphatic rings. The number of aromatic nitrogens is 2. The van der Waals surface area contributed by atoms with Crippen LogP contribution >= 0.6 is 0 Å². The maximum Gasteiger partial charge on any atom is 0.231 e. The molecule has 4 heteroatoms. The summed E-state index contributed by atoms with van der Waals surface area (Å²) in [5.41, 5.74) is 9.79. The van der Waals surface area contributed by atoms with E-state index in [0.717, 1.165) is 38.7 Å². The molecule has 0 fully saturated rings. The Hall–Kier alpha value is -4.44. The number of nitrogens with zero attached hydrogens (tertiary/aromatic N) is 2. The third kappa shape index (κ3) is 3.23. The van der Waals surface area contributed by atoms with Crippen LogP contribution in [0.5, 0.6) is 5.75 Å². The average molecular weight is 443 g/mol. The highest BCUT2D eigenvalue weighted by atomic mass is 16.3. The van der Waals surface area contributed by atoms with E-state index in [-0.39, 0.29) is 5.75 Å². The lowest BCUT2D eigenvalue weighted by Crippen LogP contribution is -1.93. The van der Waals surface area contributed by atoms with Crippen molar-refractivity contribution in [3.8, 4) is 39.5 Å². The van der Waals surface area contributed by atoms with Crippen LogP contribution < -0.4 is 0 Å². The minimum atomic E-state index is 0.145. The van der Waals surface area contributed by atoms with Crippen LogP contribution in [-0.2, 0) is 0 Å². The number of para-hydroxylation sites is 2. The van der Waals surface area contributed by atoms with Crippen LogP contribution in [0.25, 0.3) is 55.7 Å². The maximum atomic E-state index is 10.3. The Labute approximate surface area is 197 Å². The molecule has 4 aromatic carbocycles. The van der Waals surface area contributed by atoms with Crippen molar-refractivity contribution >= 4 is 22.0 Å². The molecule has 0 unspecified atom stereocenters. The first kappa shape index (κ1) is 20.2. The van der Waals surface area contributed by atoms with Gasteiger partial charge < -0.3 is 9.52 Å². The molecule has 0 aliphatic heterocycles. The highest BCUT2D eigenvalue weighted by Gasteiger charge is 2.16. The van der Waals surface area contributed by atoms with Gasteiger partial charge in [-0.25, -0.2) is 4.98 Å². The Morgan fingerprint density at radius 3 is 2.41 bits per heavy atom. The number of pyridine rings is 1. The Bertz CT molecular complexity index is 1700. The smallest absolute Gasteiger partial charge is 0.231 e. The summed E-state index contributed by atoms with van der Waals surface area (Å²) < 4.78 is 6.02. The summed E-state index contributed by atoms with van der Waals surface area (Å²) in [6, 6.07) is 27.8. The van der Waals surface area contributed by atoms with Crippen molar-refractivity contribution < 1.29 is 9.52 Å². The predicted molar refractivity (Wildman–Crippen MR) is 137 cm³/mol. The van der Waals surface area contributed by atoms with E-state index in [1.807, 2.05) is 30.5 Å². The van der Waals surface area contributed by atoms with Gasteiger partial charge in [0.15, 0.2) is 5.58 Å². The van der Waals surface area contributed by atoms with Crippen LogP contribution in [-0.4, -0.2) is 15.1 Å². The molecular weight excluding hydrogens is 420 g/mol. The second-order valence-corrected chi connectivity index (χ2v) is 8.54. The van der Waals surface area contributed by atoms with Gasteiger partial charge in [-0.05, 0) is 72.5 Å². The molecule has 6 aromatic rings. The lowest BCUT2D eigenvalue weighted by molar-refractivity contribution is 0.474. The van der Waals surface area contributed by atoms with E-state index in [2.05, 4.69) is 56.3 Å². The van der Waals surface area contributed by atoms with E-state index in [0.29, 0.717) is 17.0 Å². The SMILES string of the molecule is Cc1cc2cccnc2c(-c2cccc(-c3cccc4oc(-c5ccccc5O)nc34)c2)c1C. The molecule has 0 bridgehead atoms. The molecule has 0 aliphatic carbocycles. The zero-order chi connectivity index (χ0) is 23.2. The number of oxazole rings is 1. The van der Waals surface area contributed by atoms with Gasteiger partial charge in [0.1, 0.15) is 11.3 Å². The highest BCUT2D eigenvalue weighted by molar-refractivity contribution is 5.98. The molecule has 4 nitrogen and oxygen atoms in total. The van der Waals surface area contributed by atoms with E-state index in [1.165, 1.54) is 11.1 Å². The highest BCUT2D eigenvalue weighted by Crippen LogP contribution is 2.38. The zero-order valence-electron chi connectivity index (χ0n) is 18.9. The lowest BCUT2D eigenvalue weighted by Gasteiger charge is -2.14. The van der Waals surface area contributed by atoms with Crippen LogP contribution in [0.2, 0.25) is 0 Å². The van der Waals surface area contributed by atoms with E-state index in [1.54, 1.807) is 18.2 Å². The molecule has 0 atom stereocenters. The van der Waals surface area contributed by atoms with Crippen molar-refractivity contribution in [3.63, 3.8) is 0 Å². The summed E-state index contributed by atoms with van der Waals surface area (Å²) in [6.45, 7) is 4.30.